The molecule has 0 saturated carbocycles. The lowest BCUT2D eigenvalue weighted by Crippen LogP contribution is -2.31. The Morgan fingerprint density at radius 2 is 1.83 bits per heavy atom. The molecule has 4 rings (SSSR count). The second-order valence-corrected chi connectivity index (χ2v) is 9.70. The van der Waals surface area contributed by atoms with Gasteiger partial charge in [0.05, 0.1) is 12.7 Å². The molecule has 7 heteroatoms. The van der Waals surface area contributed by atoms with Crippen LogP contribution in [0, 0.1) is 6.92 Å². The van der Waals surface area contributed by atoms with Crippen LogP contribution in [0.4, 0.5) is 0 Å². The zero-order valence-corrected chi connectivity index (χ0v) is 21.7. The SMILES string of the molecule is COC(=O)c1ccc(-c2cc(C(=O)NCC3=C(C)CC(C)=NC3O)c3c(C)cn(C(C)C)c3c2)cc1. The van der Waals surface area contributed by atoms with Gasteiger partial charge in [0.25, 0.3) is 5.91 Å². The molecule has 188 valence electrons. The first-order valence-electron chi connectivity index (χ1n) is 12.1. The molecule has 36 heavy (non-hydrogen) atoms. The number of ether oxygens (including phenoxy) is 1. The number of nitrogens with zero attached hydrogens (tertiary/aromatic N) is 2. The molecule has 0 spiro atoms. The highest BCUT2D eigenvalue weighted by Gasteiger charge is 2.22. The van der Waals surface area contributed by atoms with Crippen LogP contribution in [0.15, 0.2) is 58.7 Å². The maximum absolute atomic E-state index is 13.6. The van der Waals surface area contributed by atoms with E-state index in [1.165, 1.54) is 7.11 Å². The quantitative estimate of drug-likeness (QED) is 0.369. The number of benzene rings is 2. The highest BCUT2D eigenvalue weighted by atomic mass is 16.5. The first-order chi connectivity index (χ1) is 17.1. The maximum Gasteiger partial charge on any atom is 0.337 e. The average Bonchev–Trinajstić information content (AvgIpc) is 3.19. The Kier molecular flexibility index (Phi) is 7.13. The molecule has 1 unspecified atom stereocenters. The first kappa shape index (κ1) is 25.4. The van der Waals surface area contributed by atoms with Crippen LogP contribution >= 0.6 is 0 Å². The third-order valence-electron chi connectivity index (χ3n) is 6.73. The molecular weight excluding hydrogens is 454 g/mol. The summed E-state index contributed by atoms with van der Waals surface area (Å²) in [4.78, 5) is 29.7. The van der Waals surface area contributed by atoms with E-state index in [2.05, 4.69) is 41.0 Å². The zero-order chi connectivity index (χ0) is 26.1. The summed E-state index contributed by atoms with van der Waals surface area (Å²) in [5.41, 5.74) is 7.43. The minimum Gasteiger partial charge on any atom is -0.465 e. The number of aliphatic hydroxyl groups is 1. The van der Waals surface area contributed by atoms with Gasteiger partial charge in [0.15, 0.2) is 6.23 Å². The number of carbonyl (C=O) groups excluding carboxylic acids is 2. The predicted octanol–water partition coefficient (Wildman–Crippen LogP) is 5.21. The number of hydrogen-bond donors (Lipinski definition) is 2. The summed E-state index contributed by atoms with van der Waals surface area (Å²) in [6, 6.07) is 11.3. The molecule has 0 bridgehead atoms. The minimum absolute atomic E-state index is 0.209. The van der Waals surface area contributed by atoms with Crippen molar-refractivity contribution in [1.82, 2.24) is 9.88 Å². The van der Waals surface area contributed by atoms with Gasteiger partial charge in [0.2, 0.25) is 0 Å². The van der Waals surface area contributed by atoms with Crippen LogP contribution in [0.5, 0.6) is 0 Å². The van der Waals surface area contributed by atoms with Gasteiger partial charge in [-0.2, -0.15) is 0 Å². The Bertz CT molecular complexity index is 1390. The zero-order valence-electron chi connectivity index (χ0n) is 21.7. The summed E-state index contributed by atoms with van der Waals surface area (Å²) in [5.74, 6) is -0.605. The monoisotopic (exact) mass is 487 g/mol. The molecule has 1 amide bonds. The van der Waals surface area contributed by atoms with E-state index in [-0.39, 0.29) is 18.5 Å². The number of aryl methyl sites for hydroxylation is 1. The van der Waals surface area contributed by atoms with Crippen LogP contribution in [0.2, 0.25) is 0 Å². The number of dihydropyridines is 1. The molecule has 0 aliphatic carbocycles. The fraction of sp³-hybridized carbons (Fsp3) is 0.345. The van der Waals surface area contributed by atoms with Gasteiger partial charge in [-0.1, -0.05) is 17.7 Å². The number of amides is 1. The molecule has 7 nitrogen and oxygen atoms in total. The molecular formula is C29H33N3O4. The number of esters is 1. The molecule has 0 radical (unpaired) electrons. The lowest BCUT2D eigenvalue weighted by atomic mass is 9.97. The van der Waals surface area contributed by atoms with Crippen molar-refractivity contribution in [2.45, 2.75) is 53.3 Å². The Hall–Kier alpha value is -3.71. The van der Waals surface area contributed by atoms with Crippen molar-refractivity contribution in [2.24, 2.45) is 4.99 Å². The van der Waals surface area contributed by atoms with E-state index in [1.807, 2.05) is 39.0 Å². The minimum atomic E-state index is -0.928. The van der Waals surface area contributed by atoms with Crippen molar-refractivity contribution in [1.29, 1.82) is 0 Å². The van der Waals surface area contributed by atoms with Crippen molar-refractivity contribution < 1.29 is 19.4 Å². The number of allylic oxidation sites excluding steroid dienone is 1. The number of hydrogen-bond acceptors (Lipinski definition) is 5. The number of aliphatic hydroxyl groups excluding tert-OH is 1. The van der Waals surface area contributed by atoms with Crippen LogP contribution < -0.4 is 5.32 Å². The summed E-state index contributed by atoms with van der Waals surface area (Å²) in [7, 11) is 1.36. The summed E-state index contributed by atoms with van der Waals surface area (Å²) in [6.07, 6.45) is 1.84. The van der Waals surface area contributed by atoms with Crippen molar-refractivity contribution in [3.63, 3.8) is 0 Å². The van der Waals surface area contributed by atoms with Crippen LogP contribution in [-0.4, -0.2) is 47.1 Å². The highest BCUT2D eigenvalue weighted by Crippen LogP contribution is 2.33. The van der Waals surface area contributed by atoms with Gasteiger partial charge in [0.1, 0.15) is 0 Å². The van der Waals surface area contributed by atoms with E-state index in [0.29, 0.717) is 17.5 Å². The molecule has 0 saturated heterocycles. The average molecular weight is 488 g/mol. The molecule has 1 aliphatic rings. The number of carbonyl (C=O) groups is 2. The summed E-state index contributed by atoms with van der Waals surface area (Å²) in [6.45, 7) is 10.3. The molecule has 0 fully saturated rings. The summed E-state index contributed by atoms with van der Waals surface area (Å²) < 4.78 is 6.98. The number of aromatic nitrogens is 1. The largest absolute Gasteiger partial charge is 0.465 e. The predicted molar refractivity (Wildman–Crippen MR) is 143 cm³/mol. The Morgan fingerprint density at radius 1 is 1.14 bits per heavy atom. The molecule has 2 aromatic carbocycles. The van der Waals surface area contributed by atoms with Crippen LogP contribution in [-0.2, 0) is 4.74 Å². The lowest BCUT2D eigenvalue weighted by Gasteiger charge is -2.21. The van der Waals surface area contributed by atoms with Gasteiger partial charge in [-0.05, 0) is 81.1 Å². The van der Waals surface area contributed by atoms with Gasteiger partial charge in [0, 0.05) is 47.4 Å². The third kappa shape index (κ3) is 4.84. The Labute approximate surface area is 211 Å². The summed E-state index contributed by atoms with van der Waals surface area (Å²) in [5, 5.41) is 14.3. The smallest absolute Gasteiger partial charge is 0.337 e. The topological polar surface area (TPSA) is 92.9 Å². The van der Waals surface area contributed by atoms with E-state index < -0.39 is 12.2 Å². The van der Waals surface area contributed by atoms with Crippen molar-refractivity contribution in [2.75, 3.05) is 13.7 Å². The summed E-state index contributed by atoms with van der Waals surface area (Å²) >= 11 is 0. The van der Waals surface area contributed by atoms with Crippen LogP contribution in [0.3, 0.4) is 0 Å². The first-order valence-corrected chi connectivity index (χ1v) is 12.1. The molecule has 3 aromatic rings. The molecule has 2 heterocycles. The van der Waals surface area contributed by atoms with Gasteiger partial charge in [-0.15, -0.1) is 0 Å². The van der Waals surface area contributed by atoms with Gasteiger partial charge >= 0.3 is 5.97 Å². The number of fused-ring (bicyclic) bond motifs is 1. The number of aliphatic imine (C=N–C) groups is 1. The van der Waals surface area contributed by atoms with E-state index >= 15 is 0 Å². The maximum atomic E-state index is 13.6. The van der Waals surface area contributed by atoms with Crippen molar-refractivity contribution >= 4 is 28.5 Å². The molecule has 2 N–H and O–H groups in total. The Balaban J connectivity index is 1.75. The van der Waals surface area contributed by atoms with Gasteiger partial charge in [-0.3, -0.25) is 9.79 Å². The molecule has 1 aromatic heterocycles. The van der Waals surface area contributed by atoms with Crippen molar-refractivity contribution in [3.05, 3.63) is 70.4 Å². The molecule has 1 atom stereocenters. The van der Waals surface area contributed by atoms with Crippen LogP contribution in [0.25, 0.3) is 22.0 Å². The van der Waals surface area contributed by atoms with Crippen LogP contribution in [0.1, 0.15) is 66.4 Å². The lowest BCUT2D eigenvalue weighted by molar-refractivity contribution is 0.0600. The fourth-order valence-corrected chi connectivity index (χ4v) is 4.84. The van der Waals surface area contributed by atoms with Gasteiger partial charge in [-0.25, -0.2) is 4.79 Å². The highest BCUT2D eigenvalue weighted by molar-refractivity contribution is 6.09. The number of nitrogens with one attached hydrogen (secondary N) is 1. The molecule has 1 aliphatic heterocycles. The second-order valence-electron chi connectivity index (χ2n) is 9.70. The van der Waals surface area contributed by atoms with Crippen molar-refractivity contribution in [3.8, 4) is 11.1 Å². The van der Waals surface area contributed by atoms with E-state index in [1.54, 1.807) is 12.1 Å². The van der Waals surface area contributed by atoms with Gasteiger partial charge < -0.3 is 19.7 Å². The van der Waals surface area contributed by atoms with E-state index in [0.717, 1.165) is 44.5 Å². The van der Waals surface area contributed by atoms with E-state index in [4.69, 9.17) is 4.74 Å². The van der Waals surface area contributed by atoms with E-state index in [9.17, 15) is 14.7 Å². The third-order valence-corrected chi connectivity index (χ3v) is 6.73. The number of rotatable bonds is 6. The Morgan fingerprint density at radius 3 is 2.44 bits per heavy atom. The fourth-order valence-electron chi connectivity index (χ4n) is 4.84. The normalized spacial score (nSPS) is 15.9. The standard InChI is InChI=1S/C29H33N3O4/c1-16(2)32-15-18(4)26-23(27(33)30-14-24-17(3)11-19(5)31-28(24)34)12-22(13-25(26)32)20-7-9-21(10-8-20)29(35)36-6/h7-10,12-13,15-16,28,34H,11,14H2,1-6H3,(H,30,33). The number of methoxy groups -OCH3 is 1. The second kappa shape index (κ2) is 10.1.